The molecule has 5 nitrogen and oxygen atoms in total. The number of carbonyl (C=O) groups excluding carboxylic acids is 2. The second kappa shape index (κ2) is 7.50. The summed E-state index contributed by atoms with van der Waals surface area (Å²) >= 11 is 0. The lowest BCUT2D eigenvalue weighted by Gasteiger charge is -2.10. The molecule has 5 heteroatoms. The highest BCUT2D eigenvalue weighted by atomic mass is 16.5. The molecule has 0 saturated heterocycles. The van der Waals surface area contributed by atoms with E-state index in [1.54, 1.807) is 18.2 Å². The third kappa shape index (κ3) is 4.44. The smallest absolute Gasteiger partial charge is 0.262 e. The summed E-state index contributed by atoms with van der Waals surface area (Å²) in [5.41, 5.74) is 1.41. The van der Waals surface area contributed by atoms with Gasteiger partial charge in [-0.15, -0.1) is 0 Å². The lowest BCUT2D eigenvalue weighted by molar-refractivity contribution is -0.118. The Morgan fingerprint density at radius 1 is 0.852 bits per heavy atom. The van der Waals surface area contributed by atoms with Gasteiger partial charge in [-0.2, -0.15) is 0 Å². The summed E-state index contributed by atoms with van der Waals surface area (Å²) < 4.78 is 5.56. The van der Waals surface area contributed by atoms with Crippen LogP contribution < -0.4 is 15.4 Å². The molecule has 0 spiro atoms. The zero-order valence-electron chi connectivity index (χ0n) is 14.8. The normalized spacial score (nSPS) is 13.2. The number of benzene rings is 3. The molecule has 136 valence electrons. The van der Waals surface area contributed by atoms with E-state index in [9.17, 15) is 9.59 Å². The molecule has 0 bridgehead atoms. The number of carbonyl (C=O) groups is 2. The third-order valence-corrected chi connectivity index (χ3v) is 4.45. The molecule has 1 aliphatic carbocycles. The van der Waals surface area contributed by atoms with Crippen LogP contribution in [-0.4, -0.2) is 18.4 Å². The summed E-state index contributed by atoms with van der Waals surface area (Å²) in [5, 5.41) is 7.90. The summed E-state index contributed by atoms with van der Waals surface area (Å²) in [6.45, 7) is -0.104. The summed E-state index contributed by atoms with van der Waals surface area (Å²) in [6, 6.07) is 20.8. The van der Waals surface area contributed by atoms with Gasteiger partial charge in [0.15, 0.2) is 6.61 Å². The minimum atomic E-state index is -0.238. The van der Waals surface area contributed by atoms with Crippen LogP contribution in [0.3, 0.4) is 0 Å². The molecule has 2 N–H and O–H groups in total. The van der Waals surface area contributed by atoms with E-state index in [2.05, 4.69) is 10.6 Å². The van der Waals surface area contributed by atoms with E-state index in [4.69, 9.17) is 4.74 Å². The standard InChI is InChI=1S/C22H20N2O3/c25-21(23-19-11-10-15-4-1-2-5-17(15)12-19)14-27-20-7-3-6-18(13-20)24-22(26)16-8-9-16/h1-7,10-13,16H,8-9,14H2,(H,23,25)(H,24,26). The Morgan fingerprint density at radius 3 is 2.44 bits per heavy atom. The Labute approximate surface area is 157 Å². The van der Waals surface area contributed by atoms with E-state index in [-0.39, 0.29) is 24.3 Å². The molecular formula is C22H20N2O3. The van der Waals surface area contributed by atoms with Gasteiger partial charge < -0.3 is 15.4 Å². The highest BCUT2D eigenvalue weighted by Gasteiger charge is 2.29. The van der Waals surface area contributed by atoms with Crippen LogP contribution in [0.1, 0.15) is 12.8 Å². The Balaban J connectivity index is 1.33. The number of nitrogens with one attached hydrogen (secondary N) is 2. The second-order valence-electron chi connectivity index (χ2n) is 6.69. The van der Waals surface area contributed by atoms with Crippen molar-refractivity contribution < 1.29 is 14.3 Å². The highest BCUT2D eigenvalue weighted by Crippen LogP contribution is 2.30. The van der Waals surface area contributed by atoms with Gasteiger partial charge >= 0.3 is 0 Å². The topological polar surface area (TPSA) is 67.4 Å². The Bertz CT molecular complexity index is 996. The SMILES string of the molecule is O=C(COc1cccc(NC(=O)C2CC2)c1)Nc1ccc2ccccc2c1. The number of hydrogen-bond acceptors (Lipinski definition) is 3. The fraction of sp³-hybridized carbons (Fsp3) is 0.182. The monoisotopic (exact) mass is 360 g/mol. The number of anilines is 2. The van der Waals surface area contributed by atoms with Gasteiger partial charge in [-0.25, -0.2) is 0 Å². The second-order valence-corrected chi connectivity index (χ2v) is 6.69. The highest BCUT2D eigenvalue weighted by molar-refractivity contribution is 5.95. The maximum absolute atomic E-state index is 12.2. The fourth-order valence-corrected chi connectivity index (χ4v) is 2.87. The average molecular weight is 360 g/mol. The number of rotatable bonds is 6. The zero-order valence-corrected chi connectivity index (χ0v) is 14.8. The van der Waals surface area contributed by atoms with Crippen LogP contribution in [-0.2, 0) is 9.59 Å². The molecule has 0 atom stereocenters. The first-order valence-electron chi connectivity index (χ1n) is 9.00. The maximum Gasteiger partial charge on any atom is 0.262 e. The minimum absolute atomic E-state index is 0.0428. The Morgan fingerprint density at radius 2 is 1.63 bits per heavy atom. The van der Waals surface area contributed by atoms with Gasteiger partial charge in [-0.05, 0) is 47.9 Å². The van der Waals surface area contributed by atoms with Gasteiger partial charge in [-0.3, -0.25) is 9.59 Å². The van der Waals surface area contributed by atoms with Crippen LogP contribution in [0.25, 0.3) is 10.8 Å². The van der Waals surface area contributed by atoms with Crippen molar-refractivity contribution in [1.29, 1.82) is 0 Å². The van der Waals surface area contributed by atoms with Crippen LogP contribution in [0.15, 0.2) is 66.7 Å². The van der Waals surface area contributed by atoms with Crippen LogP contribution in [0.2, 0.25) is 0 Å². The van der Waals surface area contributed by atoms with E-state index in [1.807, 2.05) is 48.5 Å². The summed E-state index contributed by atoms with van der Waals surface area (Å²) in [7, 11) is 0. The molecule has 1 fully saturated rings. The Kier molecular flexibility index (Phi) is 4.75. The molecule has 0 aromatic heterocycles. The molecule has 2 amide bonds. The molecule has 3 aromatic rings. The number of ether oxygens (including phenoxy) is 1. The molecular weight excluding hydrogens is 340 g/mol. The van der Waals surface area contributed by atoms with Crippen molar-refractivity contribution in [3.8, 4) is 5.75 Å². The van der Waals surface area contributed by atoms with E-state index in [0.29, 0.717) is 11.4 Å². The average Bonchev–Trinajstić information content (AvgIpc) is 3.52. The van der Waals surface area contributed by atoms with Crippen LogP contribution in [0.4, 0.5) is 11.4 Å². The van der Waals surface area contributed by atoms with Crippen LogP contribution >= 0.6 is 0 Å². The predicted molar refractivity (Wildman–Crippen MR) is 106 cm³/mol. The molecule has 0 aliphatic heterocycles. The lowest BCUT2D eigenvalue weighted by Crippen LogP contribution is -2.20. The molecule has 1 aliphatic rings. The van der Waals surface area contributed by atoms with Crippen molar-refractivity contribution in [3.63, 3.8) is 0 Å². The number of fused-ring (bicyclic) bond motifs is 1. The molecule has 0 unspecified atom stereocenters. The molecule has 27 heavy (non-hydrogen) atoms. The minimum Gasteiger partial charge on any atom is -0.484 e. The molecule has 0 heterocycles. The van der Waals surface area contributed by atoms with Crippen molar-refractivity contribution >= 4 is 34.0 Å². The molecule has 1 saturated carbocycles. The Hall–Kier alpha value is -3.34. The summed E-state index contributed by atoms with van der Waals surface area (Å²) in [4.78, 5) is 24.0. The predicted octanol–water partition coefficient (Wildman–Crippen LogP) is 4.21. The van der Waals surface area contributed by atoms with Crippen molar-refractivity contribution in [2.75, 3.05) is 17.2 Å². The van der Waals surface area contributed by atoms with Crippen molar-refractivity contribution in [2.24, 2.45) is 5.92 Å². The fourth-order valence-electron chi connectivity index (χ4n) is 2.87. The molecule has 0 radical (unpaired) electrons. The van der Waals surface area contributed by atoms with Gasteiger partial charge in [0.05, 0.1) is 0 Å². The van der Waals surface area contributed by atoms with Crippen molar-refractivity contribution in [1.82, 2.24) is 0 Å². The van der Waals surface area contributed by atoms with Gasteiger partial charge in [0.25, 0.3) is 5.91 Å². The first kappa shape index (κ1) is 17.1. The van der Waals surface area contributed by atoms with Crippen molar-refractivity contribution in [3.05, 3.63) is 66.7 Å². The lowest BCUT2D eigenvalue weighted by atomic mass is 10.1. The van der Waals surface area contributed by atoms with E-state index >= 15 is 0 Å². The van der Waals surface area contributed by atoms with Gasteiger partial charge in [0, 0.05) is 23.4 Å². The van der Waals surface area contributed by atoms with E-state index < -0.39 is 0 Å². The largest absolute Gasteiger partial charge is 0.484 e. The zero-order chi connectivity index (χ0) is 18.6. The maximum atomic E-state index is 12.2. The van der Waals surface area contributed by atoms with Crippen molar-refractivity contribution in [2.45, 2.75) is 12.8 Å². The number of amides is 2. The van der Waals surface area contributed by atoms with Gasteiger partial charge in [0.2, 0.25) is 5.91 Å². The van der Waals surface area contributed by atoms with E-state index in [1.165, 1.54) is 0 Å². The number of hydrogen-bond donors (Lipinski definition) is 2. The summed E-state index contributed by atoms with van der Waals surface area (Å²) in [5.74, 6) is 0.485. The first-order chi connectivity index (χ1) is 13.2. The third-order valence-electron chi connectivity index (χ3n) is 4.45. The first-order valence-corrected chi connectivity index (χ1v) is 9.00. The molecule has 3 aromatic carbocycles. The van der Waals surface area contributed by atoms with E-state index in [0.717, 1.165) is 29.3 Å². The van der Waals surface area contributed by atoms with Gasteiger partial charge in [0.1, 0.15) is 5.75 Å². The van der Waals surface area contributed by atoms with Crippen LogP contribution in [0, 0.1) is 5.92 Å². The molecule has 4 rings (SSSR count). The quantitative estimate of drug-likeness (QED) is 0.692. The van der Waals surface area contributed by atoms with Gasteiger partial charge in [-0.1, -0.05) is 36.4 Å². The summed E-state index contributed by atoms with van der Waals surface area (Å²) in [6.07, 6.45) is 1.91. The van der Waals surface area contributed by atoms with Crippen LogP contribution in [0.5, 0.6) is 5.75 Å².